The van der Waals surface area contributed by atoms with E-state index >= 15 is 0 Å². The summed E-state index contributed by atoms with van der Waals surface area (Å²) < 4.78 is 0. The van der Waals surface area contributed by atoms with Crippen LogP contribution in [0.4, 0.5) is 5.69 Å². The minimum absolute atomic E-state index is 0.0104. The van der Waals surface area contributed by atoms with Crippen molar-refractivity contribution in [1.29, 1.82) is 0 Å². The van der Waals surface area contributed by atoms with E-state index in [1.165, 1.54) is 11.3 Å². The molecule has 2 amide bonds. The summed E-state index contributed by atoms with van der Waals surface area (Å²) in [6.45, 7) is 1.25. The fraction of sp³-hybridized carbons (Fsp3) is 0.312. The normalized spacial score (nSPS) is 15.5. The quantitative estimate of drug-likeness (QED) is 0.947. The number of thiophene rings is 1. The number of nitrogens with one attached hydrogen (secondary N) is 1. The molecule has 114 valence electrons. The molecular formula is C16H17N3O2S. The van der Waals surface area contributed by atoms with Crippen LogP contribution in [0, 0.1) is 5.92 Å². The second-order valence-electron chi connectivity index (χ2n) is 5.27. The average Bonchev–Trinajstić information content (AvgIpc) is 3.10. The van der Waals surface area contributed by atoms with Gasteiger partial charge >= 0.3 is 0 Å². The third-order valence-corrected chi connectivity index (χ3v) is 4.67. The van der Waals surface area contributed by atoms with E-state index in [-0.39, 0.29) is 17.7 Å². The summed E-state index contributed by atoms with van der Waals surface area (Å²) in [5.74, 6) is 0.0323. The van der Waals surface area contributed by atoms with Crippen molar-refractivity contribution in [3.8, 4) is 0 Å². The zero-order chi connectivity index (χ0) is 15.4. The molecule has 0 aromatic carbocycles. The number of carbonyl (C=O) groups is 2. The van der Waals surface area contributed by atoms with Gasteiger partial charge in [0.05, 0.1) is 16.8 Å². The summed E-state index contributed by atoms with van der Waals surface area (Å²) >= 11 is 1.46. The van der Waals surface area contributed by atoms with Crippen molar-refractivity contribution in [1.82, 2.24) is 9.88 Å². The Morgan fingerprint density at radius 3 is 2.68 bits per heavy atom. The van der Waals surface area contributed by atoms with Gasteiger partial charge in [-0.25, -0.2) is 0 Å². The molecule has 1 aliphatic heterocycles. The van der Waals surface area contributed by atoms with Crippen LogP contribution in [0.1, 0.15) is 22.5 Å². The van der Waals surface area contributed by atoms with Gasteiger partial charge in [-0.3, -0.25) is 14.6 Å². The Morgan fingerprint density at radius 1 is 1.23 bits per heavy atom. The van der Waals surface area contributed by atoms with E-state index in [0.717, 1.165) is 4.88 Å². The highest BCUT2D eigenvalue weighted by Gasteiger charge is 2.28. The number of carbonyl (C=O) groups excluding carboxylic acids is 2. The fourth-order valence-electron chi connectivity index (χ4n) is 2.58. The van der Waals surface area contributed by atoms with E-state index in [1.807, 2.05) is 28.5 Å². The Labute approximate surface area is 133 Å². The van der Waals surface area contributed by atoms with Crippen LogP contribution < -0.4 is 5.32 Å². The number of likely N-dealkylation sites (tertiary alicyclic amines) is 1. The number of nitrogens with zero attached hydrogens (tertiary/aromatic N) is 2. The molecule has 2 aromatic heterocycles. The summed E-state index contributed by atoms with van der Waals surface area (Å²) in [5.41, 5.74) is 0.713. The van der Waals surface area contributed by atoms with Crippen LogP contribution in [-0.4, -0.2) is 34.8 Å². The molecule has 0 atom stereocenters. The Kier molecular flexibility index (Phi) is 4.48. The number of hydrogen-bond acceptors (Lipinski definition) is 4. The van der Waals surface area contributed by atoms with Crippen LogP contribution in [0.2, 0.25) is 0 Å². The molecule has 0 radical (unpaired) electrons. The summed E-state index contributed by atoms with van der Waals surface area (Å²) in [7, 11) is 0. The Bertz CT molecular complexity index is 635. The second-order valence-corrected chi connectivity index (χ2v) is 6.22. The Balaban J connectivity index is 1.53. The lowest BCUT2D eigenvalue weighted by atomic mass is 9.95. The van der Waals surface area contributed by atoms with Crippen LogP contribution in [0.15, 0.2) is 42.0 Å². The molecule has 1 saturated heterocycles. The zero-order valence-electron chi connectivity index (χ0n) is 12.1. The third kappa shape index (κ3) is 3.33. The van der Waals surface area contributed by atoms with E-state index in [4.69, 9.17) is 0 Å². The van der Waals surface area contributed by atoms with Gasteiger partial charge in [-0.2, -0.15) is 0 Å². The van der Waals surface area contributed by atoms with Gasteiger partial charge in [0.2, 0.25) is 5.91 Å². The minimum atomic E-state index is -0.0485. The SMILES string of the molecule is O=C(Nc1cccnc1)C1CCN(C(=O)c2cccs2)CC1. The molecule has 1 N–H and O–H groups in total. The second kappa shape index (κ2) is 6.70. The zero-order valence-corrected chi connectivity index (χ0v) is 12.9. The first-order valence-corrected chi connectivity index (χ1v) is 8.15. The number of rotatable bonds is 3. The van der Waals surface area contributed by atoms with Crippen molar-refractivity contribution < 1.29 is 9.59 Å². The molecule has 5 nitrogen and oxygen atoms in total. The minimum Gasteiger partial charge on any atom is -0.338 e. The van der Waals surface area contributed by atoms with Crippen molar-refractivity contribution in [2.24, 2.45) is 5.92 Å². The topological polar surface area (TPSA) is 62.3 Å². The number of amides is 2. The van der Waals surface area contributed by atoms with Crippen molar-refractivity contribution in [3.63, 3.8) is 0 Å². The number of hydrogen-bond donors (Lipinski definition) is 1. The molecule has 2 aromatic rings. The van der Waals surface area contributed by atoms with E-state index in [9.17, 15) is 9.59 Å². The molecule has 0 aliphatic carbocycles. The van der Waals surface area contributed by atoms with E-state index in [2.05, 4.69) is 10.3 Å². The molecule has 22 heavy (non-hydrogen) atoms. The molecule has 1 aliphatic rings. The van der Waals surface area contributed by atoms with Gasteiger partial charge in [-0.15, -0.1) is 11.3 Å². The highest BCUT2D eigenvalue weighted by molar-refractivity contribution is 7.12. The lowest BCUT2D eigenvalue weighted by molar-refractivity contribution is -0.121. The van der Waals surface area contributed by atoms with Gasteiger partial charge in [-0.05, 0) is 36.4 Å². The smallest absolute Gasteiger partial charge is 0.263 e. The lowest BCUT2D eigenvalue weighted by Gasteiger charge is -2.31. The molecule has 1 fully saturated rings. The Morgan fingerprint density at radius 2 is 2.05 bits per heavy atom. The largest absolute Gasteiger partial charge is 0.338 e. The number of pyridine rings is 1. The van der Waals surface area contributed by atoms with Crippen molar-refractivity contribution in [2.45, 2.75) is 12.8 Å². The van der Waals surface area contributed by atoms with Gasteiger partial charge in [0.25, 0.3) is 5.91 Å². The molecule has 3 rings (SSSR count). The van der Waals surface area contributed by atoms with Gasteiger partial charge in [0, 0.05) is 25.2 Å². The van der Waals surface area contributed by atoms with E-state index in [1.54, 1.807) is 18.5 Å². The maximum Gasteiger partial charge on any atom is 0.263 e. The number of anilines is 1. The lowest BCUT2D eigenvalue weighted by Crippen LogP contribution is -2.41. The number of aromatic nitrogens is 1. The van der Waals surface area contributed by atoms with E-state index in [0.29, 0.717) is 31.6 Å². The Hall–Kier alpha value is -2.21. The molecular weight excluding hydrogens is 298 g/mol. The summed E-state index contributed by atoms with van der Waals surface area (Å²) in [6.07, 6.45) is 4.70. The maximum absolute atomic E-state index is 12.3. The molecule has 0 spiro atoms. The first kappa shape index (κ1) is 14.7. The van der Waals surface area contributed by atoms with Crippen LogP contribution in [0.5, 0.6) is 0 Å². The van der Waals surface area contributed by atoms with Crippen LogP contribution in [0.25, 0.3) is 0 Å². The maximum atomic E-state index is 12.3. The first-order chi connectivity index (χ1) is 10.7. The summed E-state index contributed by atoms with van der Waals surface area (Å²) in [4.78, 5) is 31.1. The average molecular weight is 315 g/mol. The van der Waals surface area contributed by atoms with Crippen LogP contribution in [-0.2, 0) is 4.79 Å². The fourth-order valence-corrected chi connectivity index (χ4v) is 3.27. The van der Waals surface area contributed by atoms with Gasteiger partial charge < -0.3 is 10.2 Å². The number of piperidine rings is 1. The highest BCUT2D eigenvalue weighted by Crippen LogP contribution is 2.22. The first-order valence-electron chi connectivity index (χ1n) is 7.28. The van der Waals surface area contributed by atoms with Crippen molar-refractivity contribution in [3.05, 3.63) is 46.9 Å². The molecule has 6 heteroatoms. The van der Waals surface area contributed by atoms with Crippen LogP contribution in [0.3, 0.4) is 0 Å². The van der Waals surface area contributed by atoms with Gasteiger partial charge in [-0.1, -0.05) is 6.07 Å². The third-order valence-electron chi connectivity index (χ3n) is 3.81. The van der Waals surface area contributed by atoms with Crippen molar-refractivity contribution >= 4 is 28.8 Å². The van der Waals surface area contributed by atoms with Crippen LogP contribution >= 0.6 is 11.3 Å². The molecule has 0 saturated carbocycles. The molecule has 0 bridgehead atoms. The van der Waals surface area contributed by atoms with Gasteiger partial charge in [0.1, 0.15) is 0 Å². The van der Waals surface area contributed by atoms with Gasteiger partial charge in [0.15, 0.2) is 0 Å². The molecule has 0 unspecified atom stereocenters. The predicted octanol–water partition coefficient (Wildman–Crippen LogP) is 2.63. The monoisotopic (exact) mass is 315 g/mol. The van der Waals surface area contributed by atoms with E-state index < -0.39 is 0 Å². The molecule has 3 heterocycles. The summed E-state index contributed by atoms with van der Waals surface area (Å²) in [6, 6.07) is 7.33. The predicted molar refractivity (Wildman–Crippen MR) is 85.8 cm³/mol. The van der Waals surface area contributed by atoms with Crippen molar-refractivity contribution in [2.75, 3.05) is 18.4 Å². The summed E-state index contributed by atoms with van der Waals surface area (Å²) in [5, 5.41) is 4.78. The highest BCUT2D eigenvalue weighted by atomic mass is 32.1. The standard InChI is InChI=1S/C16H17N3O2S/c20-15(18-13-3-1-7-17-11-13)12-5-8-19(9-6-12)16(21)14-4-2-10-22-14/h1-4,7,10-12H,5-6,8-9H2,(H,18,20).